The van der Waals surface area contributed by atoms with Gasteiger partial charge in [-0.3, -0.25) is 0 Å². The molecule has 3 aromatic rings. The van der Waals surface area contributed by atoms with Crippen molar-refractivity contribution in [1.82, 2.24) is 10.2 Å². The molecule has 190 valence electrons. The van der Waals surface area contributed by atoms with Crippen LogP contribution < -0.4 is 19.5 Å². The molecule has 1 heterocycles. The van der Waals surface area contributed by atoms with E-state index in [1.807, 2.05) is 6.07 Å². The highest BCUT2D eigenvalue weighted by Crippen LogP contribution is 2.38. The van der Waals surface area contributed by atoms with Crippen LogP contribution in [-0.4, -0.2) is 43.9 Å². The molecule has 1 aliphatic rings. The number of hydrogen-bond acceptors (Lipinski definition) is 4. The smallest absolute Gasteiger partial charge is 0.169 e. The standard InChI is InChI=1S/C30H36N2O3S/c1-21(2)23-10-12-25(13-11-23)35-20-27-26-19-29(34-4)28(33-3)18-24(26)15-17-32(27)30(36)31-16-14-22-8-6-5-7-9-22/h5-13,18-19,21,27H,14-17,20H2,1-4H3,(H,31,36). The summed E-state index contributed by atoms with van der Waals surface area (Å²) < 4.78 is 17.5. The number of methoxy groups -OCH3 is 2. The topological polar surface area (TPSA) is 43.0 Å². The minimum atomic E-state index is -0.0462. The van der Waals surface area contributed by atoms with Crippen molar-refractivity contribution in [1.29, 1.82) is 0 Å². The Balaban J connectivity index is 1.53. The first-order valence-electron chi connectivity index (χ1n) is 12.6. The van der Waals surface area contributed by atoms with Gasteiger partial charge in [-0.25, -0.2) is 0 Å². The Bertz CT molecular complexity index is 1150. The predicted molar refractivity (Wildman–Crippen MR) is 149 cm³/mol. The second-order valence-electron chi connectivity index (χ2n) is 9.37. The van der Waals surface area contributed by atoms with Gasteiger partial charge in [-0.15, -0.1) is 0 Å². The molecular weight excluding hydrogens is 468 g/mol. The minimum absolute atomic E-state index is 0.0462. The maximum atomic E-state index is 6.32. The fourth-order valence-electron chi connectivity index (χ4n) is 4.64. The summed E-state index contributed by atoms with van der Waals surface area (Å²) in [5, 5.41) is 4.22. The van der Waals surface area contributed by atoms with E-state index in [1.165, 1.54) is 16.7 Å². The molecule has 0 saturated carbocycles. The summed E-state index contributed by atoms with van der Waals surface area (Å²) in [4.78, 5) is 2.25. The van der Waals surface area contributed by atoms with Gasteiger partial charge >= 0.3 is 0 Å². The highest BCUT2D eigenvalue weighted by atomic mass is 32.1. The van der Waals surface area contributed by atoms with E-state index >= 15 is 0 Å². The zero-order valence-corrected chi connectivity index (χ0v) is 22.4. The van der Waals surface area contributed by atoms with Crippen molar-refractivity contribution >= 4 is 17.3 Å². The van der Waals surface area contributed by atoms with E-state index in [4.69, 9.17) is 26.4 Å². The number of benzene rings is 3. The molecule has 0 radical (unpaired) electrons. The van der Waals surface area contributed by atoms with Crippen LogP contribution in [-0.2, 0) is 12.8 Å². The normalized spacial score (nSPS) is 14.8. The Labute approximate surface area is 220 Å². The van der Waals surface area contributed by atoms with E-state index in [-0.39, 0.29) is 6.04 Å². The number of nitrogens with one attached hydrogen (secondary N) is 1. The van der Waals surface area contributed by atoms with E-state index in [0.29, 0.717) is 18.3 Å². The molecule has 1 N–H and O–H groups in total. The van der Waals surface area contributed by atoms with Gasteiger partial charge in [-0.2, -0.15) is 0 Å². The molecule has 1 unspecified atom stereocenters. The number of fused-ring (bicyclic) bond motifs is 1. The van der Waals surface area contributed by atoms with Crippen molar-refractivity contribution in [2.24, 2.45) is 0 Å². The number of rotatable bonds is 9. The van der Waals surface area contributed by atoms with Gasteiger partial charge in [0.15, 0.2) is 16.6 Å². The van der Waals surface area contributed by atoms with Gasteiger partial charge in [0.2, 0.25) is 0 Å². The Morgan fingerprint density at radius 2 is 1.69 bits per heavy atom. The molecule has 0 amide bonds. The van der Waals surface area contributed by atoms with Crippen molar-refractivity contribution in [2.45, 2.75) is 38.6 Å². The summed E-state index contributed by atoms with van der Waals surface area (Å²) in [7, 11) is 3.34. The molecule has 0 aliphatic carbocycles. The Kier molecular flexibility index (Phi) is 8.70. The Morgan fingerprint density at radius 1 is 1.00 bits per heavy atom. The van der Waals surface area contributed by atoms with Gasteiger partial charge in [0.25, 0.3) is 0 Å². The number of nitrogens with zero attached hydrogens (tertiary/aromatic N) is 1. The lowest BCUT2D eigenvalue weighted by atomic mass is 9.92. The van der Waals surface area contributed by atoms with Crippen LogP contribution in [0.2, 0.25) is 0 Å². The van der Waals surface area contributed by atoms with Crippen LogP contribution >= 0.6 is 12.2 Å². The molecule has 0 bridgehead atoms. The first kappa shape index (κ1) is 25.8. The van der Waals surface area contributed by atoms with E-state index in [0.717, 1.165) is 48.1 Å². The first-order valence-corrected chi connectivity index (χ1v) is 13.0. The lowest BCUT2D eigenvalue weighted by Gasteiger charge is -2.39. The highest BCUT2D eigenvalue weighted by molar-refractivity contribution is 7.80. The molecule has 0 saturated heterocycles. The van der Waals surface area contributed by atoms with E-state index in [2.05, 4.69) is 84.7 Å². The lowest BCUT2D eigenvalue weighted by Crippen LogP contribution is -2.47. The molecule has 0 aromatic heterocycles. The molecule has 1 atom stereocenters. The Morgan fingerprint density at radius 3 is 2.36 bits per heavy atom. The fraction of sp³-hybridized carbons (Fsp3) is 0.367. The molecule has 3 aromatic carbocycles. The zero-order valence-electron chi connectivity index (χ0n) is 21.6. The largest absolute Gasteiger partial charge is 0.493 e. The second-order valence-corrected chi connectivity index (χ2v) is 9.75. The molecule has 4 rings (SSSR count). The van der Waals surface area contributed by atoms with Crippen LogP contribution in [0.1, 0.15) is 48.1 Å². The van der Waals surface area contributed by atoms with Crippen LogP contribution in [0.4, 0.5) is 0 Å². The van der Waals surface area contributed by atoms with Crippen LogP contribution in [0.5, 0.6) is 17.2 Å². The van der Waals surface area contributed by atoms with Gasteiger partial charge in [-0.1, -0.05) is 56.3 Å². The summed E-state index contributed by atoms with van der Waals surface area (Å²) in [6.45, 7) is 6.45. The molecule has 5 nitrogen and oxygen atoms in total. The maximum Gasteiger partial charge on any atom is 0.169 e. The molecule has 6 heteroatoms. The van der Waals surface area contributed by atoms with Crippen LogP contribution in [0.3, 0.4) is 0 Å². The summed E-state index contributed by atoms with van der Waals surface area (Å²) in [6.07, 6.45) is 1.79. The lowest BCUT2D eigenvalue weighted by molar-refractivity contribution is 0.187. The SMILES string of the molecule is COc1cc2c(cc1OC)C(COc1ccc(C(C)C)cc1)N(C(=S)NCCc1ccccc1)CC2. The number of hydrogen-bond donors (Lipinski definition) is 1. The second kappa shape index (κ2) is 12.1. The van der Waals surface area contributed by atoms with Gasteiger partial charge in [0.1, 0.15) is 12.4 Å². The van der Waals surface area contributed by atoms with Crippen molar-refractivity contribution in [3.05, 3.63) is 89.0 Å². The Hall–Kier alpha value is -3.25. The highest BCUT2D eigenvalue weighted by Gasteiger charge is 2.31. The first-order chi connectivity index (χ1) is 17.5. The fourth-order valence-corrected chi connectivity index (χ4v) is 4.96. The average molecular weight is 505 g/mol. The number of ether oxygens (including phenoxy) is 3. The molecular formula is C30H36N2O3S. The summed E-state index contributed by atoms with van der Waals surface area (Å²) in [5.41, 5.74) is 4.98. The third-order valence-electron chi connectivity index (χ3n) is 6.75. The van der Waals surface area contributed by atoms with Crippen molar-refractivity contribution in [3.8, 4) is 17.2 Å². The van der Waals surface area contributed by atoms with Crippen molar-refractivity contribution in [3.63, 3.8) is 0 Å². The summed E-state index contributed by atoms with van der Waals surface area (Å²) in [6, 6.07) is 22.9. The predicted octanol–water partition coefficient (Wildman–Crippen LogP) is 5.92. The zero-order chi connectivity index (χ0) is 25.5. The minimum Gasteiger partial charge on any atom is -0.493 e. The third kappa shape index (κ3) is 6.11. The van der Waals surface area contributed by atoms with Crippen LogP contribution in [0.25, 0.3) is 0 Å². The number of thiocarbonyl (C=S) groups is 1. The van der Waals surface area contributed by atoms with Gasteiger partial charge < -0.3 is 24.4 Å². The molecule has 36 heavy (non-hydrogen) atoms. The third-order valence-corrected chi connectivity index (χ3v) is 7.13. The maximum absolute atomic E-state index is 6.32. The van der Waals surface area contributed by atoms with Crippen molar-refractivity contribution < 1.29 is 14.2 Å². The van der Waals surface area contributed by atoms with Crippen LogP contribution in [0.15, 0.2) is 66.7 Å². The van der Waals surface area contributed by atoms with Gasteiger partial charge in [0.05, 0.1) is 20.3 Å². The molecule has 1 aliphatic heterocycles. The van der Waals surface area contributed by atoms with Gasteiger partial charge in [0, 0.05) is 13.1 Å². The monoisotopic (exact) mass is 504 g/mol. The molecule has 0 fully saturated rings. The van der Waals surface area contributed by atoms with Crippen molar-refractivity contribution in [2.75, 3.05) is 33.9 Å². The van der Waals surface area contributed by atoms with Crippen LogP contribution in [0, 0.1) is 0 Å². The van der Waals surface area contributed by atoms with E-state index in [9.17, 15) is 0 Å². The average Bonchev–Trinajstić information content (AvgIpc) is 2.91. The molecule has 0 spiro atoms. The van der Waals surface area contributed by atoms with Gasteiger partial charge in [-0.05, 0) is 77.5 Å². The van der Waals surface area contributed by atoms with E-state index in [1.54, 1.807) is 14.2 Å². The van der Waals surface area contributed by atoms with E-state index < -0.39 is 0 Å². The summed E-state index contributed by atoms with van der Waals surface area (Å²) in [5.74, 6) is 2.81. The summed E-state index contributed by atoms with van der Waals surface area (Å²) >= 11 is 5.89. The quantitative estimate of drug-likeness (QED) is 0.365.